The monoisotopic (exact) mass is 264 g/mol. The molecule has 0 radical (unpaired) electrons. The van der Waals surface area contributed by atoms with E-state index in [0.29, 0.717) is 24.6 Å². The summed E-state index contributed by atoms with van der Waals surface area (Å²) in [5.74, 6) is 0.665. The van der Waals surface area contributed by atoms with Crippen molar-refractivity contribution < 1.29 is 13.2 Å². The molecule has 1 rings (SSSR count). The molecule has 17 heavy (non-hydrogen) atoms. The van der Waals surface area contributed by atoms with Gasteiger partial charge in [-0.2, -0.15) is 0 Å². The fraction of sp³-hybridized carbons (Fsp3) is 1.00. The van der Waals surface area contributed by atoms with Gasteiger partial charge >= 0.3 is 0 Å². The smallest absolute Gasteiger partial charge is 0.152 e. The average Bonchev–Trinajstić information content (AvgIpc) is 2.30. The highest BCUT2D eigenvalue weighted by atomic mass is 32.2. The first-order chi connectivity index (χ1) is 8.14. The lowest BCUT2D eigenvalue weighted by Crippen LogP contribution is -2.40. The van der Waals surface area contributed by atoms with Gasteiger partial charge in [-0.1, -0.05) is 0 Å². The third kappa shape index (κ3) is 6.98. The van der Waals surface area contributed by atoms with E-state index in [2.05, 4.69) is 10.2 Å². The van der Waals surface area contributed by atoms with Crippen LogP contribution in [0, 0.1) is 0 Å². The average molecular weight is 264 g/mol. The second-order valence-electron chi connectivity index (χ2n) is 4.44. The summed E-state index contributed by atoms with van der Waals surface area (Å²) in [4.78, 5) is 2.25. The molecule has 0 aliphatic carbocycles. The predicted molar refractivity (Wildman–Crippen MR) is 69.1 cm³/mol. The molecule has 0 aromatic heterocycles. The largest absolute Gasteiger partial charge is 0.383 e. The van der Waals surface area contributed by atoms with Crippen LogP contribution in [0.4, 0.5) is 0 Å². The van der Waals surface area contributed by atoms with E-state index in [-0.39, 0.29) is 0 Å². The van der Waals surface area contributed by atoms with Crippen molar-refractivity contribution in [1.82, 2.24) is 10.2 Å². The quantitative estimate of drug-likeness (QED) is 0.612. The Kier molecular flexibility index (Phi) is 7.03. The minimum atomic E-state index is -2.73. The Labute approximate surface area is 104 Å². The number of methoxy groups -OCH3 is 1. The van der Waals surface area contributed by atoms with Gasteiger partial charge in [0.15, 0.2) is 9.84 Å². The van der Waals surface area contributed by atoms with Crippen LogP contribution in [-0.2, 0) is 14.6 Å². The molecule has 0 unspecified atom stereocenters. The van der Waals surface area contributed by atoms with Gasteiger partial charge in [-0.3, -0.25) is 0 Å². The molecule has 0 atom stereocenters. The zero-order chi connectivity index (χ0) is 12.6. The number of nitrogens with one attached hydrogen (secondary N) is 1. The van der Waals surface area contributed by atoms with Gasteiger partial charge in [-0.25, -0.2) is 8.42 Å². The van der Waals surface area contributed by atoms with Crippen LogP contribution in [0.1, 0.15) is 12.8 Å². The van der Waals surface area contributed by atoms with E-state index in [9.17, 15) is 8.42 Å². The Morgan fingerprint density at radius 2 is 1.88 bits per heavy atom. The topological polar surface area (TPSA) is 58.6 Å². The van der Waals surface area contributed by atoms with E-state index in [4.69, 9.17) is 4.74 Å². The lowest BCUT2D eigenvalue weighted by molar-refractivity contribution is 0.199. The van der Waals surface area contributed by atoms with E-state index in [1.807, 2.05) is 0 Å². The first-order valence-corrected chi connectivity index (χ1v) is 8.08. The van der Waals surface area contributed by atoms with Crippen molar-refractivity contribution in [2.75, 3.05) is 57.9 Å². The molecule has 1 heterocycles. The van der Waals surface area contributed by atoms with Crippen molar-refractivity contribution in [3.8, 4) is 0 Å². The van der Waals surface area contributed by atoms with E-state index in [0.717, 1.165) is 39.1 Å². The number of rotatable bonds is 8. The van der Waals surface area contributed by atoms with Gasteiger partial charge in [0.2, 0.25) is 0 Å². The van der Waals surface area contributed by atoms with Gasteiger partial charge in [0, 0.05) is 26.7 Å². The highest BCUT2D eigenvalue weighted by Crippen LogP contribution is 2.04. The molecule has 6 heteroatoms. The van der Waals surface area contributed by atoms with Gasteiger partial charge in [0.05, 0.1) is 18.1 Å². The molecule has 1 N–H and O–H groups in total. The maximum Gasteiger partial charge on any atom is 0.152 e. The van der Waals surface area contributed by atoms with Crippen molar-refractivity contribution in [3.05, 3.63) is 0 Å². The molecule has 1 aliphatic heterocycles. The Hall–Kier alpha value is -0.170. The van der Waals surface area contributed by atoms with Crippen LogP contribution in [0.25, 0.3) is 0 Å². The molecule has 0 bridgehead atoms. The second kappa shape index (κ2) is 8.02. The summed E-state index contributed by atoms with van der Waals surface area (Å²) in [5.41, 5.74) is 0. The zero-order valence-corrected chi connectivity index (χ0v) is 11.5. The third-order valence-corrected chi connectivity index (χ3v) is 4.61. The maximum atomic E-state index is 11.2. The van der Waals surface area contributed by atoms with Gasteiger partial charge in [-0.05, 0) is 25.9 Å². The van der Waals surface area contributed by atoms with E-state index in [1.54, 1.807) is 7.11 Å². The summed E-state index contributed by atoms with van der Waals surface area (Å²) in [6.07, 6.45) is 2.26. The molecular formula is C11H24N2O3S. The van der Waals surface area contributed by atoms with Crippen LogP contribution in [-0.4, -0.2) is 71.3 Å². The molecular weight excluding hydrogens is 240 g/mol. The first kappa shape index (κ1) is 14.9. The molecule has 1 saturated heterocycles. The summed E-state index contributed by atoms with van der Waals surface area (Å²) < 4.78 is 27.4. The fourth-order valence-electron chi connectivity index (χ4n) is 1.86. The van der Waals surface area contributed by atoms with Gasteiger partial charge in [0.25, 0.3) is 0 Å². The number of sulfone groups is 1. The molecule has 0 spiro atoms. The fourth-order valence-corrected chi connectivity index (χ4v) is 3.14. The van der Waals surface area contributed by atoms with Gasteiger partial charge < -0.3 is 15.0 Å². The summed E-state index contributed by atoms with van der Waals surface area (Å²) >= 11 is 0. The minimum absolute atomic E-state index is 0.332. The Morgan fingerprint density at radius 1 is 1.18 bits per heavy atom. The Bertz CT molecular complexity index is 279. The molecule has 1 aliphatic rings. The van der Waals surface area contributed by atoms with Crippen LogP contribution in [0.15, 0.2) is 0 Å². The van der Waals surface area contributed by atoms with Crippen molar-refractivity contribution in [3.63, 3.8) is 0 Å². The predicted octanol–water partition coefficient (Wildman–Crippen LogP) is -0.267. The summed E-state index contributed by atoms with van der Waals surface area (Å²) in [7, 11) is -1.03. The minimum Gasteiger partial charge on any atom is -0.383 e. The van der Waals surface area contributed by atoms with Crippen LogP contribution in [0.3, 0.4) is 0 Å². The SMILES string of the molecule is COCCNCCCCN1CCS(=O)(=O)CC1. The van der Waals surface area contributed by atoms with Crippen LogP contribution in [0.2, 0.25) is 0 Å². The lowest BCUT2D eigenvalue weighted by Gasteiger charge is -2.26. The molecule has 5 nitrogen and oxygen atoms in total. The van der Waals surface area contributed by atoms with Crippen molar-refractivity contribution in [1.29, 1.82) is 0 Å². The molecule has 0 aromatic carbocycles. The van der Waals surface area contributed by atoms with E-state index >= 15 is 0 Å². The van der Waals surface area contributed by atoms with E-state index < -0.39 is 9.84 Å². The van der Waals surface area contributed by atoms with Gasteiger partial charge in [-0.15, -0.1) is 0 Å². The maximum absolute atomic E-state index is 11.2. The van der Waals surface area contributed by atoms with Gasteiger partial charge in [0.1, 0.15) is 0 Å². The molecule has 0 aromatic rings. The summed E-state index contributed by atoms with van der Waals surface area (Å²) in [6, 6.07) is 0. The van der Waals surface area contributed by atoms with Crippen LogP contribution < -0.4 is 5.32 Å². The van der Waals surface area contributed by atoms with E-state index in [1.165, 1.54) is 0 Å². The lowest BCUT2D eigenvalue weighted by atomic mass is 10.3. The number of nitrogens with zero attached hydrogens (tertiary/aromatic N) is 1. The number of hydrogen-bond acceptors (Lipinski definition) is 5. The third-order valence-electron chi connectivity index (χ3n) is 3.00. The molecule has 1 fully saturated rings. The highest BCUT2D eigenvalue weighted by Gasteiger charge is 2.20. The molecule has 0 saturated carbocycles. The normalized spacial score (nSPS) is 20.5. The molecule has 102 valence electrons. The van der Waals surface area contributed by atoms with Crippen LogP contribution >= 0.6 is 0 Å². The number of hydrogen-bond donors (Lipinski definition) is 1. The summed E-state index contributed by atoms with van der Waals surface area (Å²) in [5, 5.41) is 3.30. The Morgan fingerprint density at radius 3 is 2.53 bits per heavy atom. The first-order valence-electron chi connectivity index (χ1n) is 6.26. The summed E-state index contributed by atoms with van der Waals surface area (Å²) in [6.45, 7) is 5.10. The number of ether oxygens (including phenoxy) is 1. The number of unbranched alkanes of at least 4 members (excludes halogenated alkanes) is 1. The van der Waals surface area contributed by atoms with Crippen molar-refractivity contribution in [2.45, 2.75) is 12.8 Å². The molecule has 0 amide bonds. The van der Waals surface area contributed by atoms with Crippen molar-refractivity contribution >= 4 is 9.84 Å². The standard InChI is InChI=1S/C11H24N2O3S/c1-16-9-5-12-4-2-3-6-13-7-10-17(14,15)11-8-13/h12H,2-11H2,1H3. The second-order valence-corrected chi connectivity index (χ2v) is 6.75. The highest BCUT2D eigenvalue weighted by molar-refractivity contribution is 7.91. The zero-order valence-electron chi connectivity index (χ0n) is 10.7. The Balaban J connectivity index is 1.94. The van der Waals surface area contributed by atoms with Crippen molar-refractivity contribution in [2.24, 2.45) is 0 Å². The van der Waals surface area contributed by atoms with Crippen LogP contribution in [0.5, 0.6) is 0 Å².